The van der Waals surface area contributed by atoms with E-state index in [1.807, 2.05) is 12.1 Å². The summed E-state index contributed by atoms with van der Waals surface area (Å²) in [5, 5.41) is 11.7. The Kier molecular flexibility index (Phi) is 7.22. The largest absolute Gasteiger partial charge is 0.489 e. The van der Waals surface area contributed by atoms with Crippen LogP contribution in [0, 0.1) is 0 Å². The summed E-state index contributed by atoms with van der Waals surface area (Å²) < 4.78 is 5.86. The molecule has 0 saturated carbocycles. The number of aliphatic carboxylic acids is 1. The van der Waals surface area contributed by atoms with Crippen LogP contribution in [-0.2, 0) is 23.2 Å². The molecule has 0 bridgehead atoms. The van der Waals surface area contributed by atoms with Crippen molar-refractivity contribution in [1.29, 1.82) is 0 Å². The fourth-order valence-electron chi connectivity index (χ4n) is 2.57. The molecule has 0 unspecified atom stereocenters. The first-order valence-corrected chi connectivity index (χ1v) is 9.08. The van der Waals surface area contributed by atoms with E-state index in [0.717, 1.165) is 24.3 Å². The van der Waals surface area contributed by atoms with Gasteiger partial charge in [-0.1, -0.05) is 57.2 Å². The van der Waals surface area contributed by atoms with Gasteiger partial charge in [-0.05, 0) is 47.2 Å². The molecule has 0 aliphatic heterocycles. The number of hydrogen-bond acceptors (Lipinski definition) is 3. The molecule has 0 heterocycles. The van der Waals surface area contributed by atoms with Crippen LogP contribution in [-0.4, -0.2) is 24.2 Å². The topological polar surface area (TPSA) is 58.6 Å². The summed E-state index contributed by atoms with van der Waals surface area (Å²) in [7, 11) is 0. The Labute approximate surface area is 156 Å². The summed E-state index contributed by atoms with van der Waals surface area (Å²) in [5.74, 6) is 0.0829. The number of nitrogens with one attached hydrogen (secondary N) is 1. The molecule has 0 amide bonds. The van der Waals surface area contributed by atoms with Crippen LogP contribution < -0.4 is 10.1 Å². The van der Waals surface area contributed by atoms with E-state index in [1.54, 1.807) is 0 Å². The second-order valence-corrected chi connectivity index (χ2v) is 7.52. The van der Waals surface area contributed by atoms with Crippen molar-refractivity contribution in [3.63, 3.8) is 0 Å². The van der Waals surface area contributed by atoms with Crippen LogP contribution in [0.2, 0.25) is 0 Å². The third-order valence-electron chi connectivity index (χ3n) is 4.25. The van der Waals surface area contributed by atoms with E-state index in [0.29, 0.717) is 13.2 Å². The number of benzene rings is 2. The number of carboxylic acids is 1. The Bertz CT molecular complexity index is 685. The van der Waals surface area contributed by atoms with Gasteiger partial charge in [0, 0.05) is 6.54 Å². The van der Waals surface area contributed by atoms with E-state index in [4.69, 9.17) is 9.84 Å². The molecule has 0 aliphatic rings. The van der Waals surface area contributed by atoms with Crippen LogP contribution in [0.1, 0.15) is 43.9 Å². The van der Waals surface area contributed by atoms with Gasteiger partial charge >= 0.3 is 5.97 Å². The zero-order valence-electron chi connectivity index (χ0n) is 15.9. The van der Waals surface area contributed by atoms with Crippen LogP contribution in [0.5, 0.6) is 5.75 Å². The van der Waals surface area contributed by atoms with Crippen molar-refractivity contribution in [3.8, 4) is 5.75 Å². The molecule has 140 valence electrons. The van der Waals surface area contributed by atoms with Crippen LogP contribution in [0.15, 0.2) is 48.5 Å². The van der Waals surface area contributed by atoms with Gasteiger partial charge < -0.3 is 15.2 Å². The van der Waals surface area contributed by atoms with Crippen molar-refractivity contribution >= 4 is 5.97 Å². The van der Waals surface area contributed by atoms with Gasteiger partial charge in [0.15, 0.2) is 0 Å². The average molecular weight is 355 g/mol. The second-order valence-electron chi connectivity index (χ2n) is 7.52. The van der Waals surface area contributed by atoms with Gasteiger partial charge in [-0.25, -0.2) is 0 Å². The van der Waals surface area contributed by atoms with Crippen molar-refractivity contribution in [3.05, 3.63) is 65.2 Å². The van der Waals surface area contributed by atoms with Gasteiger partial charge in [-0.2, -0.15) is 0 Å². The molecule has 2 N–H and O–H groups in total. The molecule has 0 saturated heterocycles. The summed E-state index contributed by atoms with van der Waals surface area (Å²) >= 11 is 0. The first kappa shape index (κ1) is 20.0. The molecule has 0 aromatic heterocycles. The highest BCUT2D eigenvalue weighted by molar-refractivity contribution is 5.66. The number of rotatable bonds is 9. The molecule has 0 aliphatic carbocycles. The smallest absolute Gasteiger partial charge is 0.304 e. The zero-order chi connectivity index (χ0) is 19.0. The highest BCUT2D eigenvalue weighted by Gasteiger charge is 2.12. The monoisotopic (exact) mass is 355 g/mol. The van der Waals surface area contributed by atoms with Crippen LogP contribution >= 0.6 is 0 Å². The van der Waals surface area contributed by atoms with E-state index < -0.39 is 5.97 Å². The van der Waals surface area contributed by atoms with Crippen molar-refractivity contribution in [2.45, 2.75) is 45.6 Å². The van der Waals surface area contributed by atoms with Gasteiger partial charge in [-0.3, -0.25) is 4.79 Å². The number of hydrogen-bond donors (Lipinski definition) is 2. The van der Waals surface area contributed by atoms with Gasteiger partial charge in [0.25, 0.3) is 0 Å². The normalized spacial score (nSPS) is 11.3. The van der Waals surface area contributed by atoms with E-state index >= 15 is 0 Å². The van der Waals surface area contributed by atoms with Crippen LogP contribution in [0.25, 0.3) is 0 Å². The summed E-state index contributed by atoms with van der Waals surface area (Å²) in [4.78, 5) is 10.4. The van der Waals surface area contributed by atoms with Crippen molar-refractivity contribution in [2.24, 2.45) is 0 Å². The fourth-order valence-corrected chi connectivity index (χ4v) is 2.57. The van der Waals surface area contributed by atoms with E-state index in [9.17, 15) is 4.79 Å². The molecule has 2 rings (SSSR count). The number of carboxylic acid groups (broad SMARTS) is 1. The highest BCUT2D eigenvalue weighted by atomic mass is 16.5. The van der Waals surface area contributed by atoms with Crippen molar-refractivity contribution in [1.82, 2.24) is 5.32 Å². The molecule has 26 heavy (non-hydrogen) atoms. The Balaban J connectivity index is 1.76. The lowest BCUT2D eigenvalue weighted by Crippen LogP contribution is -2.20. The molecule has 4 heteroatoms. The second kappa shape index (κ2) is 9.39. The summed E-state index contributed by atoms with van der Waals surface area (Å²) in [6, 6.07) is 16.6. The minimum absolute atomic E-state index is 0.156. The summed E-state index contributed by atoms with van der Waals surface area (Å²) in [6.45, 7) is 8.46. The maximum absolute atomic E-state index is 10.4. The minimum atomic E-state index is -0.771. The predicted molar refractivity (Wildman–Crippen MR) is 105 cm³/mol. The fraction of sp³-hybridized carbons (Fsp3) is 0.409. The molecule has 2 aromatic rings. The SMILES string of the molecule is CC(C)(C)c1ccc(COc2ccc(CCNCCC(=O)O)cc2)cc1. The molecule has 0 spiro atoms. The lowest BCUT2D eigenvalue weighted by molar-refractivity contribution is -0.136. The van der Waals surface area contributed by atoms with Crippen LogP contribution in [0.4, 0.5) is 0 Å². The molecule has 4 nitrogen and oxygen atoms in total. The lowest BCUT2D eigenvalue weighted by atomic mass is 9.87. The van der Waals surface area contributed by atoms with Gasteiger partial charge in [0.2, 0.25) is 0 Å². The first-order chi connectivity index (χ1) is 12.3. The highest BCUT2D eigenvalue weighted by Crippen LogP contribution is 2.22. The third-order valence-corrected chi connectivity index (χ3v) is 4.25. The predicted octanol–water partition coefficient (Wildman–Crippen LogP) is 4.17. The number of carbonyl (C=O) groups is 1. The maximum Gasteiger partial charge on any atom is 0.304 e. The van der Waals surface area contributed by atoms with E-state index in [1.165, 1.54) is 11.1 Å². The van der Waals surface area contributed by atoms with Crippen molar-refractivity contribution < 1.29 is 14.6 Å². The molecule has 0 fully saturated rings. The molecular formula is C22H29NO3. The molecule has 0 radical (unpaired) electrons. The minimum Gasteiger partial charge on any atom is -0.489 e. The van der Waals surface area contributed by atoms with Crippen molar-refractivity contribution in [2.75, 3.05) is 13.1 Å². The number of ether oxygens (including phenoxy) is 1. The first-order valence-electron chi connectivity index (χ1n) is 9.08. The Hall–Kier alpha value is -2.33. The molecular weight excluding hydrogens is 326 g/mol. The van der Waals surface area contributed by atoms with E-state index in [-0.39, 0.29) is 11.8 Å². The quantitative estimate of drug-likeness (QED) is 0.663. The standard InChI is InChI=1S/C22H29NO3/c1-22(2,3)19-8-4-18(5-9-19)16-26-20-10-6-17(7-11-20)12-14-23-15-13-21(24)25/h4-11,23H,12-16H2,1-3H3,(H,24,25). The van der Waals surface area contributed by atoms with Crippen LogP contribution in [0.3, 0.4) is 0 Å². The lowest BCUT2D eigenvalue weighted by Gasteiger charge is -2.19. The van der Waals surface area contributed by atoms with Gasteiger partial charge in [0.05, 0.1) is 6.42 Å². The summed E-state index contributed by atoms with van der Waals surface area (Å²) in [5.41, 5.74) is 3.85. The van der Waals surface area contributed by atoms with E-state index in [2.05, 4.69) is 62.5 Å². The average Bonchev–Trinajstić information content (AvgIpc) is 2.60. The third kappa shape index (κ3) is 6.89. The Morgan fingerprint density at radius 2 is 1.58 bits per heavy atom. The molecule has 0 atom stereocenters. The van der Waals surface area contributed by atoms with Gasteiger partial charge in [-0.15, -0.1) is 0 Å². The van der Waals surface area contributed by atoms with Gasteiger partial charge in [0.1, 0.15) is 12.4 Å². The Morgan fingerprint density at radius 1 is 0.962 bits per heavy atom. The maximum atomic E-state index is 10.4. The molecule has 2 aromatic carbocycles. The zero-order valence-corrected chi connectivity index (χ0v) is 15.9. The Morgan fingerprint density at radius 3 is 2.15 bits per heavy atom. The summed E-state index contributed by atoms with van der Waals surface area (Å²) in [6.07, 6.45) is 1.03.